The van der Waals surface area contributed by atoms with Crippen LogP contribution in [0.1, 0.15) is 24.0 Å². The van der Waals surface area contributed by atoms with Gasteiger partial charge < -0.3 is 20.9 Å². The van der Waals surface area contributed by atoms with Crippen LogP contribution in [0.3, 0.4) is 0 Å². The van der Waals surface area contributed by atoms with E-state index in [4.69, 9.17) is 0 Å². The van der Waals surface area contributed by atoms with E-state index in [9.17, 15) is 10.1 Å². The molecule has 1 fully saturated rings. The molecule has 2 aromatic heterocycles. The van der Waals surface area contributed by atoms with Crippen LogP contribution in [0.15, 0.2) is 61.1 Å². The molecule has 0 unspecified atom stereocenters. The molecule has 0 saturated heterocycles. The van der Waals surface area contributed by atoms with Gasteiger partial charge in [0.25, 0.3) is 0 Å². The third kappa shape index (κ3) is 3.86. The lowest BCUT2D eigenvalue weighted by atomic mass is 10.0. The number of urea groups is 1. The van der Waals surface area contributed by atoms with Crippen LogP contribution in [0.4, 0.5) is 21.9 Å². The topological polar surface area (TPSA) is 106 Å². The summed E-state index contributed by atoms with van der Waals surface area (Å²) < 4.78 is 0. The van der Waals surface area contributed by atoms with Crippen molar-refractivity contribution in [3.8, 4) is 17.2 Å². The highest BCUT2D eigenvalue weighted by Crippen LogP contribution is 2.35. The minimum absolute atomic E-state index is 0.189. The van der Waals surface area contributed by atoms with Crippen molar-refractivity contribution < 1.29 is 4.79 Å². The average molecular weight is 422 g/mol. The summed E-state index contributed by atoms with van der Waals surface area (Å²) in [7, 11) is 0. The van der Waals surface area contributed by atoms with E-state index in [1.807, 2.05) is 48.7 Å². The SMILES string of the molecule is Cc1c(Nc2c(C#N)cncc2-c2ccc(NC(=O)NC3CC3)cc2)ccc2[nH]ccc12. The molecule has 0 bridgehead atoms. The fourth-order valence-corrected chi connectivity index (χ4v) is 3.77. The molecule has 4 aromatic rings. The van der Waals surface area contributed by atoms with Gasteiger partial charge in [-0.15, -0.1) is 0 Å². The van der Waals surface area contributed by atoms with Crippen molar-refractivity contribution in [3.63, 3.8) is 0 Å². The molecule has 0 radical (unpaired) electrons. The normalized spacial score (nSPS) is 12.9. The summed E-state index contributed by atoms with van der Waals surface area (Å²) in [5.41, 5.74) is 6.66. The highest BCUT2D eigenvalue weighted by molar-refractivity contribution is 5.92. The molecular formula is C25H22N6O. The molecule has 1 aliphatic carbocycles. The standard InChI is InChI=1S/C25H22N6O/c1-15-20-10-11-28-23(20)9-8-22(15)31-24-17(12-26)13-27-14-21(24)16-2-4-18(5-3-16)29-25(32)30-19-6-7-19/h2-5,8-11,13-14,19,28H,6-7H2,1H3,(H,27,31)(H2,29,30,32). The second kappa shape index (κ2) is 8.08. The summed E-state index contributed by atoms with van der Waals surface area (Å²) in [5.74, 6) is 0. The Morgan fingerprint density at radius 1 is 1.12 bits per heavy atom. The van der Waals surface area contributed by atoms with Crippen LogP contribution < -0.4 is 16.0 Å². The molecule has 5 rings (SSSR count). The van der Waals surface area contributed by atoms with E-state index in [-0.39, 0.29) is 6.03 Å². The Morgan fingerprint density at radius 2 is 1.94 bits per heavy atom. The Hall–Kier alpha value is -4.31. The Labute approximate surface area is 185 Å². The second-order valence-corrected chi connectivity index (χ2v) is 7.97. The number of aromatic amines is 1. The van der Waals surface area contributed by atoms with Gasteiger partial charge in [0.05, 0.1) is 11.3 Å². The van der Waals surface area contributed by atoms with Gasteiger partial charge >= 0.3 is 6.03 Å². The van der Waals surface area contributed by atoms with Gasteiger partial charge in [-0.2, -0.15) is 5.26 Å². The molecular weight excluding hydrogens is 400 g/mol. The van der Waals surface area contributed by atoms with E-state index < -0.39 is 0 Å². The quantitative estimate of drug-likeness (QED) is 0.344. The molecule has 2 aromatic carbocycles. The first-order chi connectivity index (χ1) is 15.6. The fraction of sp³-hybridized carbons (Fsp3) is 0.160. The van der Waals surface area contributed by atoms with Crippen molar-refractivity contribution in [1.29, 1.82) is 5.26 Å². The highest BCUT2D eigenvalue weighted by Gasteiger charge is 2.23. The maximum absolute atomic E-state index is 12.0. The highest BCUT2D eigenvalue weighted by atomic mass is 16.2. The van der Waals surface area contributed by atoms with Gasteiger partial charge in [-0.1, -0.05) is 12.1 Å². The predicted octanol–water partition coefficient (Wildman–Crippen LogP) is 5.44. The minimum atomic E-state index is -0.189. The number of nitrogens with one attached hydrogen (secondary N) is 4. The first kappa shape index (κ1) is 19.6. The first-order valence-electron chi connectivity index (χ1n) is 10.5. The Balaban J connectivity index is 1.46. The fourth-order valence-electron chi connectivity index (χ4n) is 3.77. The average Bonchev–Trinajstić information content (AvgIpc) is 3.48. The first-order valence-corrected chi connectivity index (χ1v) is 10.5. The second-order valence-electron chi connectivity index (χ2n) is 7.97. The van der Waals surface area contributed by atoms with Gasteiger partial charge in [-0.25, -0.2) is 4.79 Å². The third-order valence-corrected chi connectivity index (χ3v) is 5.70. The zero-order valence-electron chi connectivity index (χ0n) is 17.6. The number of amides is 2. The molecule has 1 saturated carbocycles. The van der Waals surface area contributed by atoms with Crippen LogP contribution in [0.2, 0.25) is 0 Å². The van der Waals surface area contributed by atoms with Crippen molar-refractivity contribution in [2.45, 2.75) is 25.8 Å². The third-order valence-electron chi connectivity index (χ3n) is 5.70. The Bertz CT molecular complexity index is 1350. The Morgan fingerprint density at radius 3 is 2.69 bits per heavy atom. The van der Waals surface area contributed by atoms with Crippen LogP contribution in [0, 0.1) is 18.3 Å². The summed E-state index contributed by atoms with van der Waals surface area (Å²) in [5, 5.41) is 20.1. The number of fused-ring (bicyclic) bond motifs is 1. The molecule has 0 aliphatic heterocycles. The van der Waals surface area contributed by atoms with E-state index in [1.54, 1.807) is 12.4 Å². The van der Waals surface area contributed by atoms with Gasteiger partial charge in [0.15, 0.2) is 0 Å². The van der Waals surface area contributed by atoms with Crippen LogP contribution >= 0.6 is 0 Å². The molecule has 32 heavy (non-hydrogen) atoms. The lowest BCUT2D eigenvalue weighted by molar-refractivity contribution is 0.251. The number of rotatable bonds is 5. The largest absolute Gasteiger partial charge is 0.361 e. The molecule has 158 valence electrons. The van der Waals surface area contributed by atoms with E-state index >= 15 is 0 Å². The summed E-state index contributed by atoms with van der Waals surface area (Å²) in [4.78, 5) is 19.5. The van der Waals surface area contributed by atoms with Crippen molar-refractivity contribution in [1.82, 2.24) is 15.3 Å². The molecule has 2 amide bonds. The number of benzene rings is 2. The Kier molecular flexibility index (Phi) is 4.96. The van der Waals surface area contributed by atoms with Crippen molar-refractivity contribution >= 4 is 34.0 Å². The monoisotopic (exact) mass is 422 g/mol. The maximum atomic E-state index is 12.0. The number of hydrogen-bond acceptors (Lipinski definition) is 4. The van der Waals surface area contributed by atoms with Crippen LogP contribution in [-0.2, 0) is 0 Å². The van der Waals surface area contributed by atoms with E-state index in [0.717, 1.165) is 46.1 Å². The zero-order valence-corrected chi connectivity index (χ0v) is 17.6. The number of hydrogen-bond donors (Lipinski definition) is 4. The maximum Gasteiger partial charge on any atom is 0.319 e. The van der Waals surface area contributed by atoms with Crippen LogP contribution in [-0.4, -0.2) is 22.0 Å². The van der Waals surface area contributed by atoms with Crippen molar-refractivity contribution in [3.05, 3.63) is 72.2 Å². The van der Waals surface area contributed by atoms with Crippen LogP contribution in [0.5, 0.6) is 0 Å². The number of pyridine rings is 1. The molecule has 0 atom stereocenters. The van der Waals surface area contributed by atoms with Crippen molar-refractivity contribution in [2.75, 3.05) is 10.6 Å². The predicted molar refractivity (Wildman–Crippen MR) is 126 cm³/mol. The van der Waals surface area contributed by atoms with Gasteiger partial charge in [-0.05, 0) is 61.2 Å². The summed E-state index contributed by atoms with van der Waals surface area (Å²) in [6.45, 7) is 2.05. The number of nitriles is 1. The minimum Gasteiger partial charge on any atom is -0.361 e. The smallest absolute Gasteiger partial charge is 0.319 e. The molecule has 2 heterocycles. The summed E-state index contributed by atoms with van der Waals surface area (Å²) in [6.07, 6.45) is 7.31. The van der Waals surface area contributed by atoms with E-state index in [0.29, 0.717) is 23.0 Å². The van der Waals surface area contributed by atoms with Crippen LogP contribution in [0.25, 0.3) is 22.0 Å². The van der Waals surface area contributed by atoms with Gasteiger partial charge in [0.2, 0.25) is 0 Å². The van der Waals surface area contributed by atoms with Crippen molar-refractivity contribution in [2.24, 2.45) is 0 Å². The summed E-state index contributed by atoms with van der Waals surface area (Å²) >= 11 is 0. The molecule has 0 spiro atoms. The molecule has 7 nitrogen and oxygen atoms in total. The number of carbonyl (C=O) groups is 1. The van der Waals surface area contributed by atoms with Gasteiger partial charge in [0.1, 0.15) is 6.07 Å². The molecule has 4 N–H and O–H groups in total. The van der Waals surface area contributed by atoms with Gasteiger partial charge in [0, 0.05) is 52.5 Å². The molecule has 1 aliphatic rings. The molecule has 7 heteroatoms. The zero-order chi connectivity index (χ0) is 22.1. The number of anilines is 3. The lowest BCUT2D eigenvalue weighted by Crippen LogP contribution is -2.30. The number of aromatic nitrogens is 2. The number of carbonyl (C=O) groups excluding carboxylic acids is 1. The summed E-state index contributed by atoms with van der Waals surface area (Å²) in [6, 6.07) is 15.9. The van der Waals surface area contributed by atoms with E-state index in [2.05, 4.69) is 38.9 Å². The lowest BCUT2D eigenvalue weighted by Gasteiger charge is -2.16. The van der Waals surface area contributed by atoms with Gasteiger partial charge in [-0.3, -0.25) is 4.98 Å². The number of aryl methyl sites for hydroxylation is 1. The number of H-pyrrole nitrogens is 1. The number of nitrogens with zero attached hydrogens (tertiary/aromatic N) is 2. The van der Waals surface area contributed by atoms with E-state index in [1.165, 1.54) is 0 Å².